The molecule has 0 saturated carbocycles. The Hall–Kier alpha value is -0.810. The summed E-state index contributed by atoms with van der Waals surface area (Å²) in [6.45, 7) is 6.58. The van der Waals surface area contributed by atoms with Crippen LogP contribution in [0.2, 0.25) is 0 Å². The van der Waals surface area contributed by atoms with Crippen LogP contribution in [0.4, 0.5) is 4.79 Å². The van der Waals surface area contributed by atoms with Crippen molar-refractivity contribution in [3.05, 3.63) is 0 Å². The summed E-state index contributed by atoms with van der Waals surface area (Å²) in [5.74, 6) is 0. The first-order valence-corrected chi connectivity index (χ1v) is 7.93. The first-order valence-electron chi connectivity index (χ1n) is 7.93. The Balaban J connectivity index is 1.96. The molecule has 1 rings (SSSR count). The average Bonchev–Trinajstić information content (AvgIpc) is 2.43. The van der Waals surface area contributed by atoms with Crippen LogP contribution in [-0.4, -0.2) is 68.8 Å². The molecule has 1 fully saturated rings. The summed E-state index contributed by atoms with van der Waals surface area (Å²) in [5.41, 5.74) is 0. The maximum atomic E-state index is 11.1. The van der Waals surface area contributed by atoms with E-state index in [-0.39, 0.29) is 6.09 Å². The van der Waals surface area contributed by atoms with Gasteiger partial charge < -0.3 is 19.9 Å². The van der Waals surface area contributed by atoms with E-state index in [1.54, 1.807) is 0 Å². The van der Waals surface area contributed by atoms with Crippen molar-refractivity contribution in [3.63, 3.8) is 0 Å². The maximum absolute atomic E-state index is 11.1. The van der Waals surface area contributed by atoms with Crippen molar-refractivity contribution in [2.24, 2.45) is 0 Å². The highest BCUT2D eigenvalue weighted by Crippen LogP contribution is 2.14. The van der Waals surface area contributed by atoms with Crippen LogP contribution >= 0.6 is 0 Å². The van der Waals surface area contributed by atoms with E-state index in [1.807, 2.05) is 6.92 Å². The quantitative estimate of drug-likeness (QED) is 0.692. The molecule has 5 nitrogen and oxygen atoms in total. The fraction of sp³-hybridized carbons (Fsp3) is 0.933. The standard InChI is InChI=1S/C15H31N3O2/c1-4-20-15(19)16-10-6-5-7-11-18(3)14-8-12-17(2)13-9-14/h14H,4-13H2,1-3H3,(H,16,19). The molecular weight excluding hydrogens is 254 g/mol. The molecule has 1 aliphatic heterocycles. The lowest BCUT2D eigenvalue weighted by Gasteiger charge is -2.35. The van der Waals surface area contributed by atoms with Crippen LogP contribution in [0.15, 0.2) is 0 Å². The third-order valence-corrected chi connectivity index (χ3v) is 4.04. The van der Waals surface area contributed by atoms with E-state index >= 15 is 0 Å². The number of hydrogen-bond donors (Lipinski definition) is 1. The van der Waals surface area contributed by atoms with Crippen LogP contribution in [0.25, 0.3) is 0 Å². The van der Waals surface area contributed by atoms with Gasteiger partial charge >= 0.3 is 6.09 Å². The largest absolute Gasteiger partial charge is 0.450 e. The summed E-state index contributed by atoms with van der Waals surface area (Å²) >= 11 is 0. The summed E-state index contributed by atoms with van der Waals surface area (Å²) in [4.78, 5) is 16.0. The van der Waals surface area contributed by atoms with Gasteiger partial charge in [0, 0.05) is 12.6 Å². The smallest absolute Gasteiger partial charge is 0.407 e. The van der Waals surface area contributed by atoms with Crippen LogP contribution in [-0.2, 0) is 4.74 Å². The van der Waals surface area contributed by atoms with Crippen LogP contribution in [0.5, 0.6) is 0 Å². The molecule has 0 aromatic heterocycles. The van der Waals surface area contributed by atoms with Crippen molar-refractivity contribution in [1.29, 1.82) is 0 Å². The molecule has 118 valence electrons. The third kappa shape index (κ3) is 7.10. The van der Waals surface area contributed by atoms with Crippen LogP contribution < -0.4 is 5.32 Å². The Morgan fingerprint density at radius 3 is 2.65 bits per heavy atom. The predicted octanol–water partition coefficient (Wildman–Crippen LogP) is 1.93. The molecular formula is C15H31N3O2. The molecule has 0 spiro atoms. The number of unbranched alkanes of at least 4 members (excludes halogenated alkanes) is 2. The molecule has 1 saturated heterocycles. The number of hydrogen-bond acceptors (Lipinski definition) is 4. The zero-order valence-electron chi connectivity index (χ0n) is 13.4. The fourth-order valence-electron chi connectivity index (χ4n) is 2.65. The van der Waals surface area contributed by atoms with Crippen molar-refractivity contribution >= 4 is 6.09 Å². The van der Waals surface area contributed by atoms with Crippen LogP contribution in [0.3, 0.4) is 0 Å². The summed E-state index contributed by atoms with van der Waals surface area (Å²) in [5, 5.41) is 2.76. The van der Waals surface area contributed by atoms with Gasteiger partial charge in [-0.15, -0.1) is 0 Å². The molecule has 0 bridgehead atoms. The molecule has 20 heavy (non-hydrogen) atoms. The molecule has 0 aromatic carbocycles. The Morgan fingerprint density at radius 2 is 2.00 bits per heavy atom. The van der Waals surface area contributed by atoms with Gasteiger partial charge in [0.05, 0.1) is 6.61 Å². The van der Waals surface area contributed by atoms with Gasteiger partial charge in [-0.05, 0) is 66.3 Å². The molecule has 0 radical (unpaired) electrons. The first-order chi connectivity index (χ1) is 9.63. The number of amides is 1. The van der Waals surface area contributed by atoms with E-state index in [9.17, 15) is 4.79 Å². The monoisotopic (exact) mass is 285 g/mol. The maximum Gasteiger partial charge on any atom is 0.407 e. The third-order valence-electron chi connectivity index (χ3n) is 4.04. The number of carbonyl (C=O) groups is 1. The van der Waals surface area contributed by atoms with Crippen LogP contribution in [0, 0.1) is 0 Å². The van der Waals surface area contributed by atoms with Crippen LogP contribution in [0.1, 0.15) is 39.0 Å². The molecule has 0 aliphatic carbocycles. The highest BCUT2D eigenvalue weighted by Gasteiger charge is 2.19. The number of nitrogens with zero attached hydrogens (tertiary/aromatic N) is 2. The van der Waals surface area contributed by atoms with E-state index in [2.05, 4.69) is 29.2 Å². The number of rotatable bonds is 8. The van der Waals surface area contributed by atoms with Crippen molar-refractivity contribution < 1.29 is 9.53 Å². The highest BCUT2D eigenvalue weighted by atomic mass is 16.5. The number of alkyl carbamates (subject to hydrolysis) is 1. The van der Waals surface area contributed by atoms with E-state index < -0.39 is 0 Å². The number of nitrogens with one attached hydrogen (secondary N) is 1. The number of ether oxygens (including phenoxy) is 1. The molecule has 1 amide bonds. The van der Waals surface area contributed by atoms with Gasteiger partial charge in [-0.1, -0.05) is 6.42 Å². The van der Waals surface area contributed by atoms with Gasteiger partial charge in [0.1, 0.15) is 0 Å². The minimum Gasteiger partial charge on any atom is -0.450 e. The molecule has 1 N–H and O–H groups in total. The van der Waals surface area contributed by atoms with Gasteiger partial charge in [0.15, 0.2) is 0 Å². The Morgan fingerprint density at radius 1 is 1.30 bits per heavy atom. The van der Waals surface area contributed by atoms with Gasteiger partial charge in [-0.25, -0.2) is 4.79 Å². The first kappa shape index (κ1) is 17.2. The Bertz CT molecular complexity index is 266. The zero-order chi connectivity index (χ0) is 14.8. The normalized spacial score (nSPS) is 17.4. The number of carbonyl (C=O) groups excluding carboxylic acids is 1. The Labute approximate surface area is 123 Å². The van der Waals surface area contributed by atoms with E-state index in [0.717, 1.165) is 32.0 Å². The van der Waals surface area contributed by atoms with Gasteiger partial charge in [-0.3, -0.25) is 0 Å². The van der Waals surface area contributed by atoms with Gasteiger partial charge in [-0.2, -0.15) is 0 Å². The zero-order valence-corrected chi connectivity index (χ0v) is 13.4. The summed E-state index contributed by atoms with van der Waals surface area (Å²) in [6.07, 6.45) is 5.67. The minimum atomic E-state index is -0.295. The van der Waals surface area contributed by atoms with E-state index in [4.69, 9.17) is 4.74 Å². The van der Waals surface area contributed by atoms with Gasteiger partial charge in [0.2, 0.25) is 0 Å². The molecule has 0 atom stereocenters. The fourth-order valence-corrected chi connectivity index (χ4v) is 2.65. The average molecular weight is 285 g/mol. The molecule has 1 heterocycles. The molecule has 0 unspecified atom stereocenters. The van der Waals surface area contributed by atoms with Gasteiger partial charge in [0.25, 0.3) is 0 Å². The lowest BCUT2D eigenvalue weighted by Crippen LogP contribution is -2.42. The van der Waals surface area contributed by atoms with E-state index in [0.29, 0.717) is 6.61 Å². The SMILES string of the molecule is CCOC(=O)NCCCCCN(C)C1CCN(C)CC1. The number of piperidine rings is 1. The second-order valence-corrected chi connectivity index (χ2v) is 5.72. The molecule has 0 aromatic rings. The predicted molar refractivity (Wildman–Crippen MR) is 82.0 cm³/mol. The summed E-state index contributed by atoms with van der Waals surface area (Å²) in [6, 6.07) is 0.754. The topological polar surface area (TPSA) is 44.8 Å². The minimum absolute atomic E-state index is 0.295. The summed E-state index contributed by atoms with van der Waals surface area (Å²) in [7, 11) is 4.44. The lowest BCUT2D eigenvalue weighted by atomic mass is 10.0. The second-order valence-electron chi connectivity index (χ2n) is 5.72. The highest BCUT2D eigenvalue weighted by molar-refractivity contribution is 5.66. The number of likely N-dealkylation sites (tertiary alicyclic amines) is 1. The van der Waals surface area contributed by atoms with Crippen molar-refractivity contribution in [1.82, 2.24) is 15.1 Å². The lowest BCUT2D eigenvalue weighted by molar-refractivity contribution is 0.142. The van der Waals surface area contributed by atoms with Crippen molar-refractivity contribution in [2.45, 2.75) is 45.1 Å². The summed E-state index contributed by atoms with van der Waals surface area (Å²) < 4.78 is 4.81. The molecule has 1 aliphatic rings. The van der Waals surface area contributed by atoms with E-state index in [1.165, 1.54) is 32.4 Å². The second kappa shape index (κ2) is 10.00. The van der Waals surface area contributed by atoms with Crippen molar-refractivity contribution in [3.8, 4) is 0 Å². The van der Waals surface area contributed by atoms with Crippen molar-refractivity contribution in [2.75, 3.05) is 46.9 Å². The Kier molecular flexibility index (Phi) is 8.62. The molecule has 5 heteroatoms.